The highest BCUT2D eigenvalue weighted by Gasteiger charge is 2.25. The predicted octanol–water partition coefficient (Wildman–Crippen LogP) is 3.88. The maximum Gasteiger partial charge on any atom is 0.159 e. The Balaban J connectivity index is 1.42. The fourth-order valence-corrected chi connectivity index (χ4v) is 5.37. The molecule has 0 bridgehead atoms. The van der Waals surface area contributed by atoms with Crippen LogP contribution in [0.3, 0.4) is 0 Å². The molecule has 0 spiro atoms. The molecule has 35 heavy (non-hydrogen) atoms. The minimum absolute atomic E-state index is 0.459. The summed E-state index contributed by atoms with van der Waals surface area (Å²) < 4.78 is 8.79. The van der Waals surface area contributed by atoms with Crippen molar-refractivity contribution in [3.05, 3.63) is 42.2 Å². The summed E-state index contributed by atoms with van der Waals surface area (Å²) in [6, 6.07) is 8.73. The second-order valence-corrected chi connectivity index (χ2v) is 9.92. The molecule has 1 aromatic carbocycles. The number of nitrogens with one attached hydrogen (secondary N) is 1. The Hall–Kier alpha value is -3.34. The normalized spacial score (nSPS) is 17.1. The van der Waals surface area contributed by atoms with Gasteiger partial charge in [-0.2, -0.15) is 0 Å². The summed E-state index contributed by atoms with van der Waals surface area (Å²) in [5, 5.41) is 0. The van der Waals surface area contributed by atoms with Crippen molar-refractivity contribution in [2.45, 2.75) is 19.5 Å². The topological polar surface area (TPSA) is 88.0 Å². The molecule has 0 amide bonds. The number of imidazole rings is 2. The van der Waals surface area contributed by atoms with Gasteiger partial charge in [0, 0.05) is 51.1 Å². The Morgan fingerprint density at radius 2 is 2.09 bits per heavy atom. The molecule has 5 aromatic rings. The zero-order valence-corrected chi connectivity index (χ0v) is 20.9. The molecular weight excluding hydrogens is 460 g/mol. The van der Waals surface area contributed by atoms with E-state index >= 15 is 0 Å². The number of methoxy groups -OCH3 is 1. The Morgan fingerprint density at radius 3 is 2.94 bits per heavy atom. The second kappa shape index (κ2) is 9.03. The van der Waals surface area contributed by atoms with Crippen LogP contribution in [0, 0.1) is 0 Å². The van der Waals surface area contributed by atoms with Crippen LogP contribution in [-0.4, -0.2) is 80.8 Å². The number of aromatic nitrogens is 6. The molecule has 1 aliphatic heterocycles. The smallest absolute Gasteiger partial charge is 0.159 e. The van der Waals surface area contributed by atoms with Crippen LogP contribution in [-0.2, 0) is 11.3 Å². The van der Waals surface area contributed by atoms with Gasteiger partial charge >= 0.3 is 0 Å². The van der Waals surface area contributed by atoms with Gasteiger partial charge in [0.1, 0.15) is 17.0 Å². The van der Waals surface area contributed by atoms with E-state index in [1.807, 2.05) is 24.0 Å². The average Bonchev–Trinajstić information content (AvgIpc) is 3.61. The molecule has 1 saturated heterocycles. The summed E-state index contributed by atoms with van der Waals surface area (Å²) in [4.78, 5) is 27.2. The number of hydrogen-bond donors (Lipinski definition) is 1. The number of pyridine rings is 1. The minimum Gasteiger partial charge on any atom is -0.383 e. The number of thiazole rings is 1. The molecular formula is C25H28N8OS. The van der Waals surface area contributed by atoms with E-state index in [1.165, 1.54) is 4.70 Å². The third-order valence-corrected chi connectivity index (χ3v) is 7.66. The molecule has 1 aliphatic rings. The van der Waals surface area contributed by atoms with Gasteiger partial charge < -0.3 is 24.1 Å². The summed E-state index contributed by atoms with van der Waals surface area (Å²) >= 11 is 1.64. The molecule has 0 unspecified atom stereocenters. The van der Waals surface area contributed by atoms with Crippen LogP contribution in [0.5, 0.6) is 0 Å². The van der Waals surface area contributed by atoms with Crippen molar-refractivity contribution >= 4 is 38.4 Å². The lowest BCUT2D eigenvalue weighted by atomic mass is 10.2. The first-order valence-corrected chi connectivity index (χ1v) is 12.7. The Kier molecular flexibility index (Phi) is 5.71. The number of H-pyrrole nitrogens is 1. The molecule has 9 nitrogen and oxygen atoms in total. The van der Waals surface area contributed by atoms with Crippen molar-refractivity contribution in [2.24, 2.45) is 0 Å². The third-order valence-electron chi connectivity index (χ3n) is 6.85. The lowest BCUT2D eigenvalue weighted by Gasteiger charge is -2.38. The van der Waals surface area contributed by atoms with Crippen LogP contribution < -0.4 is 4.90 Å². The number of benzene rings is 1. The molecule has 5 heterocycles. The standard InChI is InChI=1S/C25H28N8OS/c1-16-14-32(9-8-31(16)2)25-22-20(6-7-26-25)33(10-11-34-3)24(30-22)19-13-27-23(29-19)17-4-5-21-18(12-17)28-15-35-21/h4-7,12-13,15-16H,8-11,14H2,1-3H3,(H,27,29)/t16-/m0/s1. The van der Waals surface area contributed by atoms with E-state index in [-0.39, 0.29) is 0 Å². The third kappa shape index (κ3) is 3.97. The van der Waals surface area contributed by atoms with Crippen LogP contribution >= 0.6 is 11.3 Å². The van der Waals surface area contributed by atoms with Crippen LogP contribution in [0.15, 0.2) is 42.2 Å². The van der Waals surface area contributed by atoms with E-state index in [1.54, 1.807) is 18.4 Å². The highest BCUT2D eigenvalue weighted by molar-refractivity contribution is 7.16. The van der Waals surface area contributed by atoms with Crippen molar-refractivity contribution < 1.29 is 4.74 Å². The predicted molar refractivity (Wildman–Crippen MR) is 140 cm³/mol. The quantitative estimate of drug-likeness (QED) is 0.388. The largest absolute Gasteiger partial charge is 0.383 e. The van der Waals surface area contributed by atoms with Crippen molar-refractivity contribution in [3.8, 4) is 22.9 Å². The Bertz CT molecular complexity index is 1490. The number of aromatic amines is 1. The van der Waals surface area contributed by atoms with Gasteiger partial charge in [-0.25, -0.2) is 19.9 Å². The Labute approximate surface area is 207 Å². The van der Waals surface area contributed by atoms with Crippen molar-refractivity contribution in [1.29, 1.82) is 0 Å². The Morgan fingerprint density at radius 1 is 1.17 bits per heavy atom. The maximum atomic E-state index is 5.42. The van der Waals surface area contributed by atoms with E-state index in [0.29, 0.717) is 19.2 Å². The zero-order valence-electron chi connectivity index (χ0n) is 20.1. The lowest BCUT2D eigenvalue weighted by molar-refractivity contribution is 0.188. The molecule has 0 radical (unpaired) electrons. The van der Waals surface area contributed by atoms with Gasteiger partial charge in [-0.05, 0) is 38.2 Å². The van der Waals surface area contributed by atoms with Crippen molar-refractivity contribution in [1.82, 2.24) is 34.4 Å². The number of ether oxygens (including phenoxy) is 1. The number of fused-ring (bicyclic) bond motifs is 2. The van der Waals surface area contributed by atoms with Crippen LogP contribution in [0.2, 0.25) is 0 Å². The van der Waals surface area contributed by atoms with E-state index in [4.69, 9.17) is 14.7 Å². The number of hydrogen-bond acceptors (Lipinski definition) is 8. The molecule has 10 heteroatoms. The molecule has 4 aromatic heterocycles. The second-order valence-electron chi connectivity index (χ2n) is 9.04. The molecule has 0 saturated carbocycles. The van der Waals surface area contributed by atoms with E-state index in [9.17, 15) is 0 Å². The first kappa shape index (κ1) is 22.1. The van der Waals surface area contributed by atoms with E-state index < -0.39 is 0 Å². The van der Waals surface area contributed by atoms with Crippen LogP contribution in [0.25, 0.3) is 44.2 Å². The molecule has 6 rings (SSSR count). The van der Waals surface area contributed by atoms with Gasteiger partial charge in [0.25, 0.3) is 0 Å². The highest BCUT2D eigenvalue weighted by atomic mass is 32.1. The summed E-state index contributed by atoms with van der Waals surface area (Å²) in [7, 11) is 3.90. The van der Waals surface area contributed by atoms with E-state index in [0.717, 1.165) is 64.9 Å². The fraction of sp³-hybridized carbons (Fsp3) is 0.360. The fourth-order valence-electron chi connectivity index (χ4n) is 4.71. The van der Waals surface area contributed by atoms with Gasteiger partial charge in [-0.15, -0.1) is 11.3 Å². The molecule has 1 atom stereocenters. The first-order valence-electron chi connectivity index (χ1n) is 11.8. The van der Waals surface area contributed by atoms with Crippen LogP contribution in [0.1, 0.15) is 6.92 Å². The number of anilines is 1. The van der Waals surface area contributed by atoms with Gasteiger partial charge in [0.15, 0.2) is 11.6 Å². The molecule has 180 valence electrons. The lowest BCUT2D eigenvalue weighted by Crippen LogP contribution is -2.50. The first-order chi connectivity index (χ1) is 17.1. The molecule has 1 fully saturated rings. The number of rotatable bonds is 6. The summed E-state index contributed by atoms with van der Waals surface area (Å²) in [5.41, 5.74) is 6.68. The van der Waals surface area contributed by atoms with Gasteiger partial charge in [0.05, 0.1) is 34.0 Å². The maximum absolute atomic E-state index is 5.42. The zero-order chi connectivity index (χ0) is 23.9. The summed E-state index contributed by atoms with van der Waals surface area (Å²) in [6.07, 6.45) is 3.74. The number of piperazine rings is 1. The van der Waals surface area contributed by atoms with Gasteiger partial charge in [-0.3, -0.25) is 0 Å². The SMILES string of the molecule is COCCn1c(-c2cnc(-c3ccc4scnc4c3)[nH]2)nc2c(N3CCN(C)[C@@H](C)C3)nccc21. The van der Waals surface area contributed by atoms with E-state index in [2.05, 4.69) is 61.5 Å². The highest BCUT2D eigenvalue weighted by Crippen LogP contribution is 2.31. The van der Waals surface area contributed by atoms with Crippen molar-refractivity contribution in [2.75, 3.05) is 45.3 Å². The molecule has 0 aliphatic carbocycles. The van der Waals surface area contributed by atoms with Gasteiger partial charge in [-0.1, -0.05) is 0 Å². The molecule has 1 N–H and O–H groups in total. The minimum atomic E-state index is 0.459. The number of nitrogens with zero attached hydrogens (tertiary/aromatic N) is 7. The average molecular weight is 489 g/mol. The summed E-state index contributed by atoms with van der Waals surface area (Å²) in [5.74, 6) is 2.57. The number of likely N-dealkylation sites (N-methyl/N-ethyl adjacent to an activating group) is 1. The monoisotopic (exact) mass is 488 g/mol. The van der Waals surface area contributed by atoms with Crippen molar-refractivity contribution in [3.63, 3.8) is 0 Å². The summed E-state index contributed by atoms with van der Waals surface area (Å²) in [6.45, 7) is 6.39. The van der Waals surface area contributed by atoms with Gasteiger partial charge in [0.2, 0.25) is 0 Å². The van der Waals surface area contributed by atoms with Crippen LogP contribution in [0.4, 0.5) is 5.82 Å².